The highest BCUT2D eigenvalue weighted by atomic mass is 16.5. The second kappa shape index (κ2) is 8.71. The lowest BCUT2D eigenvalue weighted by Crippen LogP contribution is -2.40. The molecule has 5 heteroatoms. The average Bonchev–Trinajstić information content (AvgIpc) is 2.61. The first-order valence-electron chi connectivity index (χ1n) is 9.17. The number of ether oxygens (including phenoxy) is 1. The molecule has 2 rings (SSSR count). The molecule has 0 aromatic heterocycles. The van der Waals surface area contributed by atoms with Crippen LogP contribution < -0.4 is 15.4 Å². The van der Waals surface area contributed by atoms with Crippen molar-refractivity contribution in [3.63, 3.8) is 0 Å². The summed E-state index contributed by atoms with van der Waals surface area (Å²) in [5.41, 5.74) is 2.08. The molecule has 0 spiro atoms. The van der Waals surface area contributed by atoms with Crippen LogP contribution in [-0.4, -0.2) is 23.5 Å². The highest BCUT2D eigenvalue weighted by Crippen LogP contribution is 2.16. The third kappa shape index (κ3) is 6.44. The highest BCUT2D eigenvalue weighted by molar-refractivity contribution is 5.97. The number of aryl methyl sites for hydroxylation is 1. The molecule has 0 fully saturated rings. The van der Waals surface area contributed by atoms with Crippen molar-refractivity contribution in [1.29, 1.82) is 0 Å². The van der Waals surface area contributed by atoms with Crippen molar-refractivity contribution in [1.82, 2.24) is 5.32 Å². The van der Waals surface area contributed by atoms with Crippen LogP contribution in [0.5, 0.6) is 5.75 Å². The van der Waals surface area contributed by atoms with Gasteiger partial charge in [0.15, 0.2) is 6.10 Å². The number of anilines is 1. The van der Waals surface area contributed by atoms with E-state index in [1.54, 1.807) is 31.2 Å². The van der Waals surface area contributed by atoms with E-state index in [2.05, 4.69) is 17.6 Å². The number of carbonyl (C=O) groups is 2. The summed E-state index contributed by atoms with van der Waals surface area (Å²) in [6.07, 6.45) is 0.321. The van der Waals surface area contributed by atoms with Crippen molar-refractivity contribution in [2.75, 3.05) is 5.32 Å². The van der Waals surface area contributed by atoms with E-state index in [0.29, 0.717) is 17.0 Å². The van der Waals surface area contributed by atoms with Gasteiger partial charge in [0.25, 0.3) is 11.8 Å². The summed E-state index contributed by atoms with van der Waals surface area (Å²) in [5.74, 6) is 0.262. The SMILES string of the molecule is CCc1ccc(OC(C)C(=O)Nc2ccc(C(=O)NC(C)(C)C)cc2)cc1. The van der Waals surface area contributed by atoms with Crippen molar-refractivity contribution in [3.05, 3.63) is 59.7 Å². The van der Waals surface area contributed by atoms with Crippen LogP contribution in [0.15, 0.2) is 48.5 Å². The van der Waals surface area contributed by atoms with Gasteiger partial charge in [-0.3, -0.25) is 9.59 Å². The standard InChI is InChI=1S/C22H28N2O3/c1-6-16-7-13-19(14-8-16)27-15(2)20(25)23-18-11-9-17(10-12-18)21(26)24-22(3,4)5/h7-15H,6H2,1-5H3,(H,23,25)(H,24,26). The van der Waals surface area contributed by atoms with Gasteiger partial charge in [-0.05, 0) is 76.1 Å². The Morgan fingerprint density at radius 2 is 1.59 bits per heavy atom. The predicted molar refractivity (Wildman–Crippen MR) is 108 cm³/mol. The van der Waals surface area contributed by atoms with Gasteiger partial charge in [-0.25, -0.2) is 0 Å². The summed E-state index contributed by atoms with van der Waals surface area (Å²) < 4.78 is 5.69. The molecule has 0 aliphatic carbocycles. The zero-order valence-corrected chi connectivity index (χ0v) is 16.6. The number of amides is 2. The minimum Gasteiger partial charge on any atom is -0.481 e. The minimum absolute atomic E-state index is 0.146. The molecular weight excluding hydrogens is 340 g/mol. The molecule has 144 valence electrons. The summed E-state index contributed by atoms with van der Waals surface area (Å²) in [5, 5.41) is 5.71. The number of carbonyl (C=O) groups excluding carboxylic acids is 2. The van der Waals surface area contributed by atoms with E-state index in [1.165, 1.54) is 5.56 Å². The number of nitrogens with one attached hydrogen (secondary N) is 2. The van der Waals surface area contributed by atoms with Crippen molar-refractivity contribution in [2.45, 2.75) is 52.7 Å². The van der Waals surface area contributed by atoms with Gasteiger partial charge in [0.05, 0.1) is 0 Å². The summed E-state index contributed by atoms with van der Waals surface area (Å²) in [6, 6.07) is 14.5. The number of rotatable bonds is 6. The first-order valence-corrected chi connectivity index (χ1v) is 9.17. The van der Waals surface area contributed by atoms with Crippen molar-refractivity contribution < 1.29 is 14.3 Å². The number of benzene rings is 2. The molecule has 0 saturated carbocycles. The molecule has 2 amide bonds. The van der Waals surface area contributed by atoms with E-state index in [4.69, 9.17) is 4.74 Å². The van der Waals surface area contributed by atoms with Gasteiger partial charge >= 0.3 is 0 Å². The lowest BCUT2D eigenvalue weighted by molar-refractivity contribution is -0.122. The van der Waals surface area contributed by atoms with Gasteiger partial charge in [0, 0.05) is 16.8 Å². The van der Waals surface area contributed by atoms with E-state index in [9.17, 15) is 9.59 Å². The van der Waals surface area contributed by atoms with Crippen LogP contribution in [0, 0.1) is 0 Å². The maximum absolute atomic E-state index is 12.3. The van der Waals surface area contributed by atoms with E-state index in [1.807, 2.05) is 45.0 Å². The molecule has 0 bridgehead atoms. The number of hydrogen-bond donors (Lipinski definition) is 2. The molecule has 0 aliphatic rings. The lowest BCUT2D eigenvalue weighted by Gasteiger charge is -2.20. The van der Waals surface area contributed by atoms with Gasteiger partial charge in [-0.15, -0.1) is 0 Å². The monoisotopic (exact) mass is 368 g/mol. The Kier molecular flexibility index (Phi) is 6.61. The van der Waals surface area contributed by atoms with Gasteiger partial charge < -0.3 is 15.4 Å². The molecule has 5 nitrogen and oxygen atoms in total. The predicted octanol–water partition coefficient (Wildman–Crippen LogP) is 4.18. The van der Waals surface area contributed by atoms with E-state index in [0.717, 1.165) is 6.42 Å². The Bertz CT molecular complexity index is 775. The van der Waals surface area contributed by atoms with E-state index >= 15 is 0 Å². The maximum Gasteiger partial charge on any atom is 0.265 e. The molecule has 27 heavy (non-hydrogen) atoms. The van der Waals surface area contributed by atoms with Crippen LogP contribution in [-0.2, 0) is 11.2 Å². The third-order valence-electron chi connectivity index (χ3n) is 3.92. The average molecular weight is 368 g/mol. The first-order chi connectivity index (χ1) is 12.7. The van der Waals surface area contributed by atoms with Crippen LogP contribution in [0.1, 0.15) is 50.5 Å². The van der Waals surface area contributed by atoms with E-state index < -0.39 is 6.10 Å². The molecule has 0 heterocycles. The molecule has 2 N–H and O–H groups in total. The normalized spacial score (nSPS) is 12.2. The first kappa shape index (κ1) is 20.5. The van der Waals surface area contributed by atoms with Crippen LogP contribution in [0.2, 0.25) is 0 Å². The Hall–Kier alpha value is -2.82. The summed E-state index contributed by atoms with van der Waals surface area (Å²) in [4.78, 5) is 24.5. The van der Waals surface area contributed by atoms with Crippen molar-refractivity contribution >= 4 is 17.5 Å². The summed E-state index contributed by atoms with van der Waals surface area (Å²) >= 11 is 0. The fourth-order valence-corrected chi connectivity index (χ4v) is 2.42. The van der Waals surface area contributed by atoms with Gasteiger partial charge in [-0.1, -0.05) is 19.1 Å². The highest BCUT2D eigenvalue weighted by Gasteiger charge is 2.17. The molecule has 1 atom stereocenters. The van der Waals surface area contributed by atoms with Gasteiger partial charge in [0.2, 0.25) is 0 Å². The molecule has 2 aromatic rings. The smallest absolute Gasteiger partial charge is 0.265 e. The fraction of sp³-hybridized carbons (Fsp3) is 0.364. The van der Waals surface area contributed by atoms with Gasteiger partial charge in [-0.2, -0.15) is 0 Å². The maximum atomic E-state index is 12.3. The largest absolute Gasteiger partial charge is 0.481 e. The molecule has 2 aromatic carbocycles. The Morgan fingerprint density at radius 3 is 2.11 bits per heavy atom. The van der Waals surface area contributed by atoms with Crippen LogP contribution in [0.4, 0.5) is 5.69 Å². The third-order valence-corrected chi connectivity index (χ3v) is 3.92. The summed E-state index contributed by atoms with van der Waals surface area (Å²) in [6.45, 7) is 9.57. The molecule has 0 aliphatic heterocycles. The fourth-order valence-electron chi connectivity index (χ4n) is 2.42. The van der Waals surface area contributed by atoms with Crippen molar-refractivity contribution in [3.8, 4) is 5.75 Å². The summed E-state index contributed by atoms with van der Waals surface area (Å²) in [7, 11) is 0. The minimum atomic E-state index is -0.638. The second-order valence-corrected chi connectivity index (χ2v) is 7.53. The van der Waals surface area contributed by atoms with Gasteiger partial charge in [0.1, 0.15) is 5.75 Å². The molecular formula is C22H28N2O3. The van der Waals surface area contributed by atoms with Crippen LogP contribution in [0.25, 0.3) is 0 Å². The lowest BCUT2D eigenvalue weighted by atomic mass is 10.1. The van der Waals surface area contributed by atoms with Crippen LogP contribution in [0.3, 0.4) is 0 Å². The van der Waals surface area contributed by atoms with E-state index in [-0.39, 0.29) is 17.4 Å². The molecule has 0 radical (unpaired) electrons. The quantitative estimate of drug-likeness (QED) is 0.804. The molecule has 0 saturated heterocycles. The Balaban J connectivity index is 1.93. The van der Waals surface area contributed by atoms with Crippen molar-refractivity contribution in [2.24, 2.45) is 0 Å². The topological polar surface area (TPSA) is 67.4 Å². The molecule has 1 unspecified atom stereocenters. The Labute approximate surface area is 161 Å². The zero-order valence-electron chi connectivity index (χ0n) is 16.6. The second-order valence-electron chi connectivity index (χ2n) is 7.53. The number of hydrogen-bond acceptors (Lipinski definition) is 3. The Morgan fingerprint density at radius 1 is 1.00 bits per heavy atom. The zero-order chi connectivity index (χ0) is 20.0. The van der Waals surface area contributed by atoms with Crippen LogP contribution >= 0.6 is 0 Å².